The first-order valence-electron chi connectivity index (χ1n) is 4.06. The molecule has 3 heteroatoms. The summed E-state index contributed by atoms with van der Waals surface area (Å²) in [6, 6.07) is 0. The van der Waals surface area contributed by atoms with Gasteiger partial charge in [0.2, 0.25) is 0 Å². The van der Waals surface area contributed by atoms with Crippen LogP contribution in [0.4, 0.5) is 4.39 Å². The van der Waals surface area contributed by atoms with Crippen LogP contribution in [0.1, 0.15) is 32.2 Å². The molecule has 0 radical (unpaired) electrons. The normalized spacial score (nSPS) is 12.2. The van der Waals surface area contributed by atoms with Gasteiger partial charge in [-0.2, -0.15) is 5.10 Å². The Kier molecular flexibility index (Phi) is 1.98. The van der Waals surface area contributed by atoms with Gasteiger partial charge in [-0.15, -0.1) is 0 Å². The van der Waals surface area contributed by atoms with E-state index in [0.29, 0.717) is 11.4 Å². The van der Waals surface area contributed by atoms with E-state index in [9.17, 15) is 4.39 Å². The van der Waals surface area contributed by atoms with Crippen LogP contribution in [0, 0.1) is 19.7 Å². The number of halogens is 1. The first-order valence-corrected chi connectivity index (χ1v) is 4.06. The molecule has 1 aromatic rings. The number of nitrogens with zero attached hydrogens (tertiary/aromatic N) is 2. The lowest BCUT2D eigenvalue weighted by Crippen LogP contribution is -2.24. The first kappa shape index (κ1) is 9.23. The van der Waals surface area contributed by atoms with Gasteiger partial charge in [-0.25, -0.2) is 4.39 Å². The zero-order chi connectivity index (χ0) is 9.52. The molecule has 1 aromatic heterocycles. The van der Waals surface area contributed by atoms with Crippen LogP contribution in [0.5, 0.6) is 0 Å². The van der Waals surface area contributed by atoms with Gasteiger partial charge in [-0.05, 0) is 34.6 Å². The largest absolute Gasteiger partial charge is 0.261 e. The molecular weight excluding hydrogens is 155 g/mol. The number of aromatic nitrogens is 2. The van der Waals surface area contributed by atoms with E-state index in [4.69, 9.17) is 0 Å². The highest BCUT2D eigenvalue weighted by atomic mass is 19.1. The molecule has 1 heterocycles. The molecule has 68 valence electrons. The first-order chi connectivity index (χ1) is 5.34. The Labute approximate surface area is 72.4 Å². The Morgan fingerprint density at radius 1 is 1.25 bits per heavy atom. The molecule has 0 saturated carbocycles. The smallest absolute Gasteiger partial charge is 0.166 e. The van der Waals surface area contributed by atoms with Gasteiger partial charge in [0.05, 0.1) is 16.9 Å². The predicted molar refractivity (Wildman–Crippen MR) is 46.7 cm³/mol. The van der Waals surface area contributed by atoms with E-state index in [0.717, 1.165) is 0 Å². The lowest BCUT2D eigenvalue weighted by molar-refractivity contribution is 0.344. The van der Waals surface area contributed by atoms with E-state index in [1.807, 2.05) is 20.8 Å². The Morgan fingerprint density at radius 2 is 1.75 bits per heavy atom. The third kappa shape index (κ3) is 1.36. The molecule has 0 bridgehead atoms. The molecule has 0 N–H and O–H groups in total. The van der Waals surface area contributed by atoms with Gasteiger partial charge in [0.1, 0.15) is 0 Å². The van der Waals surface area contributed by atoms with Gasteiger partial charge in [0.25, 0.3) is 0 Å². The summed E-state index contributed by atoms with van der Waals surface area (Å²) in [6.45, 7) is 9.45. The van der Waals surface area contributed by atoms with Crippen molar-refractivity contribution >= 4 is 0 Å². The molecule has 0 atom stereocenters. The maximum atomic E-state index is 13.2. The molecular formula is C9H15FN2. The lowest BCUT2D eigenvalue weighted by Gasteiger charge is -2.20. The van der Waals surface area contributed by atoms with Gasteiger partial charge >= 0.3 is 0 Å². The summed E-state index contributed by atoms with van der Waals surface area (Å²) < 4.78 is 14.9. The number of rotatable bonds is 0. The standard InChI is InChI=1S/C9H15FN2/c1-6-8(10)7(2)12(11-6)9(3,4)5/h1-5H3. The number of hydrogen-bond donors (Lipinski definition) is 0. The molecule has 0 unspecified atom stereocenters. The van der Waals surface area contributed by atoms with Crippen molar-refractivity contribution in [2.75, 3.05) is 0 Å². The van der Waals surface area contributed by atoms with Crippen LogP contribution in [-0.2, 0) is 5.54 Å². The predicted octanol–water partition coefficient (Wildman–Crippen LogP) is 2.39. The molecule has 0 fully saturated rings. The molecule has 2 nitrogen and oxygen atoms in total. The second-order valence-corrected chi connectivity index (χ2v) is 4.07. The molecule has 0 spiro atoms. The van der Waals surface area contributed by atoms with Crippen LogP contribution in [0.25, 0.3) is 0 Å². The molecule has 0 aliphatic carbocycles. The van der Waals surface area contributed by atoms with Crippen LogP contribution in [0.2, 0.25) is 0 Å². The van der Waals surface area contributed by atoms with E-state index in [2.05, 4.69) is 5.10 Å². The van der Waals surface area contributed by atoms with Crippen molar-refractivity contribution in [3.63, 3.8) is 0 Å². The SMILES string of the molecule is Cc1nn(C(C)(C)C)c(C)c1F. The summed E-state index contributed by atoms with van der Waals surface area (Å²) in [5.41, 5.74) is 0.946. The van der Waals surface area contributed by atoms with Gasteiger partial charge in [0, 0.05) is 0 Å². The minimum absolute atomic E-state index is 0.140. The molecule has 0 aliphatic heterocycles. The number of aryl methyl sites for hydroxylation is 1. The van der Waals surface area contributed by atoms with Crippen LogP contribution < -0.4 is 0 Å². The second kappa shape index (κ2) is 2.57. The Hall–Kier alpha value is -0.860. The van der Waals surface area contributed by atoms with E-state index in [1.165, 1.54) is 0 Å². The fourth-order valence-electron chi connectivity index (χ4n) is 1.28. The lowest BCUT2D eigenvalue weighted by atomic mass is 10.1. The fourth-order valence-corrected chi connectivity index (χ4v) is 1.28. The summed E-state index contributed by atoms with van der Waals surface area (Å²) in [5.74, 6) is -0.190. The topological polar surface area (TPSA) is 17.8 Å². The Bertz CT molecular complexity index is 294. The highest BCUT2D eigenvalue weighted by Gasteiger charge is 2.20. The van der Waals surface area contributed by atoms with Crippen LogP contribution >= 0.6 is 0 Å². The van der Waals surface area contributed by atoms with E-state index in [-0.39, 0.29) is 11.4 Å². The molecule has 0 aromatic carbocycles. The highest BCUT2D eigenvalue weighted by Crippen LogP contribution is 2.19. The summed E-state index contributed by atoms with van der Waals surface area (Å²) >= 11 is 0. The third-order valence-corrected chi connectivity index (χ3v) is 1.84. The monoisotopic (exact) mass is 170 g/mol. The fraction of sp³-hybridized carbons (Fsp3) is 0.667. The van der Waals surface area contributed by atoms with Crippen molar-refractivity contribution in [3.05, 3.63) is 17.2 Å². The summed E-state index contributed by atoms with van der Waals surface area (Å²) in [6.07, 6.45) is 0. The van der Waals surface area contributed by atoms with Crippen molar-refractivity contribution in [2.24, 2.45) is 0 Å². The minimum atomic E-state index is -0.190. The summed E-state index contributed by atoms with van der Waals surface area (Å²) in [7, 11) is 0. The average molecular weight is 170 g/mol. The van der Waals surface area contributed by atoms with Crippen molar-refractivity contribution in [1.29, 1.82) is 0 Å². The zero-order valence-electron chi connectivity index (χ0n) is 8.27. The van der Waals surface area contributed by atoms with Crippen LogP contribution in [0.15, 0.2) is 0 Å². The summed E-state index contributed by atoms with van der Waals surface area (Å²) in [5, 5.41) is 4.12. The molecule has 0 saturated heterocycles. The second-order valence-electron chi connectivity index (χ2n) is 4.07. The molecule has 0 aliphatic rings. The van der Waals surface area contributed by atoms with Crippen molar-refractivity contribution in [1.82, 2.24) is 9.78 Å². The van der Waals surface area contributed by atoms with Crippen molar-refractivity contribution in [2.45, 2.75) is 40.2 Å². The molecule has 12 heavy (non-hydrogen) atoms. The molecule has 0 amide bonds. The van der Waals surface area contributed by atoms with Crippen molar-refractivity contribution in [3.8, 4) is 0 Å². The Balaban J connectivity index is 3.28. The zero-order valence-corrected chi connectivity index (χ0v) is 8.27. The van der Waals surface area contributed by atoms with Gasteiger partial charge < -0.3 is 0 Å². The maximum Gasteiger partial charge on any atom is 0.166 e. The number of hydrogen-bond acceptors (Lipinski definition) is 1. The highest BCUT2D eigenvalue weighted by molar-refractivity contribution is 5.12. The quantitative estimate of drug-likeness (QED) is 0.584. The van der Waals surface area contributed by atoms with Crippen molar-refractivity contribution < 1.29 is 4.39 Å². The van der Waals surface area contributed by atoms with Gasteiger partial charge in [-0.1, -0.05) is 0 Å². The van der Waals surface area contributed by atoms with Crippen LogP contribution in [0.3, 0.4) is 0 Å². The van der Waals surface area contributed by atoms with Gasteiger partial charge in [-0.3, -0.25) is 4.68 Å². The summed E-state index contributed by atoms with van der Waals surface area (Å²) in [4.78, 5) is 0. The van der Waals surface area contributed by atoms with E-state index >= 15 is 0 Å². The van der Waals surface area contributed by atoms with E-state index in [1.54, 1.807) is 18.5 Å². The van der Waals surface area contributed by atoms with E-state index < -0.39 is 0 Å². The minimum Gasteiger partial charge on any atom is -0.261 e. The van der Waals surface area contributed by atoms with Gasteiger partial charge in [0.15, 0.2) is 5.82 Å². The maximum absolute atomic E-state index is 13.2. The third-order valence-electron chi connectivity index (χ3n) is 1.84. The average Bonchev–Trinajstić information content (AvgIpc) is 2.15. The van der Waals surface area contributed by atoms with Crippen LogP contribution in [-0.4, -0.2) is 9.78 Å². The Morgan fingerprint density at radius 3 is 1.92 bits per heavy atom. The molecule has 1 rings (SSSR count).